The molecule has 0 aliphatic rings. The van der Waals surface area contributed by atoms with Gasteiger partial charge >= 0.3 is 6.09 Å². The van der Waals surface area contributed by atoms with Crippen LogP contribution in [-0.2, 0) is 14.3 Å². The van der Waals surface area contributed by atoms with Gasteiger partial charge in [-0.1, -0.05) is 32.1 Å². The lowest BCUT2D eigenvalue weighted by Crippen LogP contribution is -2.39. The summed E-state index contributed by atoms with van der Waals surface area (Å²) in [6.45, 7) is 8.18. The molecule has 0 aliphatic heterocycles. The maximum Gasteiger partial charge on any atom is 0.407 e. The van der Waals surface area contributed by atoms with Crippen molar-refractivity contribution in [3.63, 3.8) is 0 Å². The van der Waals surface area contributed by atoms with Crippen LogP contribution in [0.15, 0.2) is 0 Å². The Hall–Kier alpha value is -1.67. The van der Waals surface area contributed by atoms with Crippen molar-refractivity contribution in [1.82, 2.24) is 10.6 Å². The lowest BCUT2D eigenvalue weighted by atomic mass is 10.0. The first-order valence-corrected chi connectivity index (χ1v) is 12.3. The molecule has 32 heavy (non-hydrogen) atoms. The molecule has 2 amide bonds. The zero-order chi connectivity index (χ0) is 24.2. The van der Waals surface area contributed by atoms with Crippen molar-refractivity contribution in [2.24, 2.45) is 11.5 Å². The molecule has 0 aromatic rings. The van der Waals surface area contributed by atoms with Gasteiger partial charge in [-0.15, -0.1) is 0 Å². The number of hydrogen-bond donors (Lipinski definition) is 4. The predicted octanol–water partition coefficient (Wildman–Crippen LogP) is 3.55. The third-order valence-corrected chi connectivity index (χ3v) is 5.10. The molecule has 0 aromatic heterocycles. The molecule has 0 aromatic carbocycles. The first kappa shape index (κ1) is 30.3. The second kappa shape index (κ2) is 18.9. The van der Waals surface area contributed by atoms with Crippen molar-refractivity contribution in [2.75, 3.05) is 19.6 Å². The van der Waals surface area contributed by atoms with Crippen LogP contribution in [0.5, 0.6) is 0 Å². The third kappa shape index (κ3) is 21.6. The van der Waals surface area contributed by atoms with E-state index in [0.717, 1.165) is 45.3 Å². The largest absolute Gasteiger partial charge is 0.444 e. The van der Waals surface area contributed by atoms with Crippen molar-refractivity contribution in [2.45, 2.75) is 116 Å². The molecule has 0 bridgehead atoms. The average Bonchev–Trinajstić information content (AvgIpc) is 2.69. The van der Waals surface area contributed by atoms with E-state index in [4.69, 9.17) is 16.2 Å². The van der Waals surface area contributed by atoms with E-state index < -0.39 is 17.6 Å². The summed E-state index contributed by atoms with van der Waals surface area (Å²) in [7, 11) is 0. The summed E-state index contributed by atoms with van der Waals surface area (Å²) >= 11 is 0. The molecule has 0 saturated carbocycles. The number of nitrogens with two attached hydrogens (primary N) is 2. The minimum absolute atomic E-state index is 0.165. The summed E-state index contributed by atoms with van der Waals surface area (Å²) in [4.78, 5) is 35.3. The van der Waals surface area contributed by atoms with Gasteiger partial charge < -0.3 is 26.8 Å². The number of hydrogen-bond acceptors (Lipinski definition) is 6. The first-order chi connectivity index (χ1) is 15.1. The third-order valence-electron chi connectivity index (χ3n) is 5.10. The van der Waals surface area contributed by atoms with E-state index in [9.17, 15) is 14.4 Å². The zero-order valence-corrected chi connectivity index (χ0v) is 20.7. The highest BCUT2D eigenvalue weighted by molar-refractivity contribution is 5.78. The topological polar surface area (TPSA) is 137 Å². The van der Waals surface area contributed by atoms with E-state index in [0.29, 0.717) is 25.7 Å². The number of primary amides is 1. The minimum Gasteiger partial charge on any atom is -0.444 e. The monoisotopic (exact) mass is 456 g/mol. The van der Waals surface area contributed by atoms with Crippen LogP contribution in [0.2, 0.25) is 0 Å². The number of amides is 2. The van der Waals surface area contributed by atoms with Gasteiger partial charge in [-0.25, -0.2) is 4.79 Å². The normalized spacial score (nSPS) is 12.4. The molecule has 0 radical (unpaired) electrons. The molecule has 8 heteroatoms. The van der Waals surface area contributed by atoms with Crippen molar-refractivity contribution in [1.29, 1.82) is 0 Å². The maximum absolute atomic E-state index is 12.2. The van der Waals surface area contributed by atoms with Crippen molar-refractivity contribution < 1.29 is 19.1 Å². The fourth-order valence-corrected chi connectivity index (χ4v) is 3.35. The van der Waals surface area contributed by atoms with Crippen LogP contribution >= 0.6 is 0 Å². The van der Waals surface area contributed by atoms with E-state index in [-0.39, 0.29) is 18.2 Å². The Kier molecular flexibility index (Phi) is 17.9. The smallest absolute Gasteiger partial charge is 0.407 e. The van der Waals surface area contributed by atoms with Crippen LogP contribution in [0.4, 0.5) is 4.79 Å². The number of carbonyl (C=O) groups is 3. The fourth-order valence-electron chi connectivity index (χ4n) is 3.35. The van der Waals surface area contributed by atoms with Crippen LogP contribution in [0.25, 0.3) is 0 Å². The molecular weight excluding hydrogens is 408 g/mol. The molecule has 188 valence electrons. The van der Waals surface area contributed by atoms with Crippen molar-refractivity contribution in [3.8, 4) is 0 Å². The molecule has 6 N–H and O–H groups in total. The Labute approximate surface area is 195 Å². The van der Waals surface area contributed by atoms with Gasteiger partial charge in [0.25, 0.3) is 0 Å². The summed E-state index contributed by atoms with van der Waals surface area (Å²) < 4.78 is 5.27. The van der Waals surface area contributed by atoms with Crippen molar-refractivity contribution in [3.05, 3.63) is 0 Å². The molecule has 8 nitrogen and oxygen atoms in total. The molecule has 0 aliphatic carbocycles. The SMILES string of the molecule is CC(C)(C)OC(=O)NC(CCC(N)=O)CCC(=O)CCCCCCCCCNCCCN. The summed E-state index contributed by atoms with van der Waals surface area (Å²) in [5.41, 5.74) is 10.1. The van der Waals surface area contributed by atoms with Gasteiger partial charge in [-0.2, -0.15) is 0 Å². The number of ether oxygens (including phenoxy) is 1. The maximum atomic E-state index is 12.2. The second-order valence-corrected chi connectivity index (χ2v) is 9.54. The minimum atomic E-state index is -0.602. The van der Waals surface area contributed by atoms with Gasteiger partial charge in [0, 0.05) is 25.3 Å². The number of rotatable bonds is 20. The molecular formula is C24H48N4O4. The van der Waals surface area contributed by atoms with E-state index >= 15 is 0 Å². The molecule has 0 rings (SSSR count). The lowest BCUT2D eigenvalue weighted by molar-refractivity contribution is -0.119. The highest BCUT2D eigenvalue weighted by Crippen LogP contribution is 2.13. The van der Waals surface area contributed by atoms with Crippen LogP contribution in [-0.4, -0.2) is 49.1 Å². The Morgan fingerprint density at radius 3 is 1.97 bits per heavy atom. The molecule has 1 unspecified atom stereocenters. The van der Waals surface area contributed by atoms with Gasteiger partial charge in [0.05, 0.1) is 0 Å². The number of Topliss-reactive ketones (excluding diaryl/α,β-unsaturated/α-hetero) is 1. The fraction of sp³-hybridized carbons (Fsp3) is 0.875. The van der Waals surface area contributed by atoms with Crippen LogP contribution in [0.1, 0.15) is 104 Å². The van der Waals surface area contributed by atoms with Crippen LogP contribution < -0.4 is 22.1 Å². The van der Waals surface area contributed by atoms with E-state index in [1.807, 2.05) is 0 Å². The Bertz CT molecular complexity index is 521. The highest BCUT2D eigenvalue weighted by Gasteiger charge is 2.20. The van der Waals surface area contributed by atoms with E-state index in [2.05, 4.69) is 10.6 Å². The summed E-state index contributed by atoms with van der Waals surface area (Å²) in [5, 5.41) is 6.16. The summed E-state index contributed by atoms with van der Waals surface area (Å²) in [6.07, 6.45) is 10.6. The standard InChI is InChI=1S/C24H48N4O4/c1-24(2,3)32-23(31)28-20(14-16-22(26)30)13-15-21(29)12-9-7-5-4-6-8-10-18-27-19-11-17-25/h20,27H,4-19,25H2,1-3H3,(H2,26,30)(H,28,31). The van der Waals surface area contributed by atoms with Crippen molar-refractivity contribution >= 4 is 17.8 Å². The Morgan fingerprint density at radius 2 is 1.38 bits per heavy atom. The van der Waals surface area contributed by atoms with Crippen LogP contribution in [0, 0.1) is 0 Å². The molecule has 0 spiro atoms. The molecule has 0 fully saturated rings. The van der Waals surface area contributed by atoms with E-state index in [1.165, 1.54) is 25.7 Å². The van der Waals surface area contributed by atoms with Gasteiger partial charge in [-0.05, 0) is 72.5 Å². The Morgan fingerprint density at radius 1 is 0.812 bits per heavy atom. The first-order valence-electron chi connectivity index (χ1n) is 12.3. The number of alkyl carbamates (subject to hydrolysis) is 1. The van der Waals surface area contributed by atoms with E-state index in [1.54, 1.807) is 20.8 Å². The van der Waals surface area contributed by atoms with Gasteiger partial charge in [-0.3, -0.25) is 9.59 Å². The lowest BCUT2D eigenvalue weighted by Gasteiger charge is -2.23. The summed E-state index contributed by atoms with van der Waals surface area (Å²) in [5.74, 6) is -0.223. The van der Waals surface area contributed by atoms with Crippen LogP contribution in [0.3, 0.4) is 0 Å². The number of unbranched alkanes of at least 4 members (excludes halogenated alkanes) is 6. The van der Waals surface area contributed by atoms with Gasteiger partial charge in [0.15, 0.2) is 0 Å². The summed E-state index contributed by atoms with van der Waals surface area (Å²) in [6, 6.07) is -0.300. The molecule has 0 heterocycles. The predicted molar refractivity (Wildman–Crippen MR) is 129 cm³/mol. The average molecular weight is 457 g/mol. The highest BCUT2D eigenvalue weighted by atomic mass is 16.6. The molecule has 0 saturated heterocycles. The Balaban J connectivity index is 3.90. The van der Waals surface area contributed by atoms with Gasteiger partial charge in [0.1, 0.15) is 11.4 Å². The quantitative estimate of drug-likeness (QED) is 0.207. The number of nitrogens with one attached hydrogen (secondary N) is 2. The second-order valence-electron chi connectivity index (χ2n) is 9.54. The number of carbonyl (C=O) groups excluding carboxylic acids is 3. The van der Waals surface area contributed by atoms with Gasteiger partial charge in [0.2, 0.25) is 5.91 Å². The zero-order valence-electron chi connectivity index (χ0n) is 20.7. The molecule has 1 atom stereocenters. The number of ketones is 1.